The fraction of sp³-hybridized carbons (Fsp3) is 0.250. The van der Waals surface area contributed by atoms with Crippen LogP contribution < -0.4 is 9.46 Å². The van der Waals surface area contributed by atoms with E-state index in [1.54, 1.807) is 38.6 Å². The molecular weight excluding hydrogens is 330 g/mol. The van der Waals surface area contributed by atoms with Crippen LogP contribution in [0.4, 0.5) is 0 Å². The third-order valence-electron chi connectivity index (χ3n) is 3.30. The average Bonchev–Trinajstić information content (AvgIpc) is 2.59. The van der Waals surface area contributed by atoms with E-state index in [0.29, 0.717) is 0 Å². The summed E-state index contributed by atoms with van der Waals surface area (Å²) in [6, 6.07) is 7.79. The third kappa shape index (κ3) is 4.09. The van der Waals surface area contributed by atoms with Gasteiger partial charge >= 0.3 is 0 Å². The van der Waals surface area contributed by atoms with Crippen LogP contribution in [0.15, 0.2) is 47.6 Å². The van der Waals surface area contributed by atoms with Crippen LogP contribution in [0.5, 0.6) is 5.75 Å². The fourth-order valence-electron chi connectivity index (χ4n) is 2.04. The molecule has 1 amide bonds. The number of ether oxygens (including phenoxy) is 1. The molecule has 0 aliphatic heterocycles. The normalized spacial score (nSPS) is 11.1. The average molecular weight is 349 g/mol. The quantitative estimate of drug-likeness (QED) is 0.848. The van der Waals surface area contributed by atoms with Crippen molar-refractivity contribution in [1.82, 2.24) is 14.6 Å². The predicted octanol–water partition coefficient (Wildman–Crippen LogP) is 1.27. The minimum absolute atomic E-state index is 0.0819. The van der Waals surface area contributed by atoms with Gasteiger partial charge in [0.15, 0.2) is 0 Å². The Balaban J connectivity index is 2.33. The number of amides is 1. The molecule has 24 heavy (non-hydrogen) atoms. The van der Waals surface area contributed by atoms with Crippen molar-refractivity contribution in [3.05, 3.63) is 53.9 Å². The van der Waals surface area contributed by atoms with Crippen molar-refractivity contribution in [2.75, 3.05) is 21.2 Å². The minimum atomic E-state index is -3.86. The zero-order valence-electron chi connectivity index (χ0n) is 13.7. The highest BCUT2D eigenvalue weighted by atomic mass is 32.2. The first kappa shape index (κ1) is 17.9. The molecule has 128 valence electrons. The van der Waals surface area contributed by atoms with Crippen molar-refractivity contribution in [2.24, 2.45) is 0 Å². The van der Waals surface area contributed by atoms with Crippen LogP contribution in [0.1, 0.15) is 15.9 Å². The second kappa shape index (κ2) is 7.41. The molecule has 0 spiro atoms. The lowest BCUT2D eigenvalue weighted by molar-refractivity contribution is 0.0827. The van der Waals surface area contributed by atoms with E-state index in [-0.39, 0.29) is 28.7 Å². The summed E-state index contributed by atoms with van der Waals surface area (Å²) >= 11 is 0. The zero-order valence-corrected chi connectivity index (χ0v) is 14.5. The van der Waals surface area contributed by atoms with Crippen molar-refractivity contribution in [3.8, 4) is 5.75 Å². The second-order valence-electron chi connectivity index (χ2n) is 5.25. The van der Waals surface area contributed by atoms with E-state index in [1.807, 2.05) is 0 Å². The van der Waals surface area contributed by atoms with Crippen LogP contribution in [0.25, 0.3) is 0 Å². The number of sulfonamides is 1. The van der Waals surface area contributed by atoms with Gasteiger partial charge in [-0.1, -0.05) is 6.07 Å². The molecule has 7 nitrogen and oxygen atoms in total. The van der Waals surface area contributed by atoms with E-state index >= 15 is 0 Å². The molecule has 0 radical (unpaired) electrons. The molecule has 0 unspecified atom stereocenters. The van der Waals surface area contributed by atoms with Crippen LogP contribution >= 0.6 is 0 Å². The molecule has 2 aromatic rings. The van der Waals surface area contributed by atoms with E-state index in [2.05, 4.69) is 9.71 Å². The summed E-state index contributed by atoms with van der Waals surface area (Å²) in [5.41, 5.74) is 0.989. The SMILES string of the molecule is COc1ccc(C(=O)N(C)C)cc1S(=O)(=O)NCc1cccnc1. The fourth-order valence-corrected chi connectivity index (χ4v) is 3.25. The summed E-state index contributed by atoms with van der Waals surface area (Å²) in [4.78, 5) is 17.3. The number of benzene rings is 1. The molecule has 8 heteroatoms. The van der Waals surface area contributed by atoms with Gasteiger partial charge in [-0.25, -0.2) is 13.1 Å². The number of nitrogens with zero attached hydrogens (tertiary/aromatic N) is 2. The molecule has 0 bridgehead atoms. The standard InChI is InChI=1S/C16H19N3O4S/c1-19(2)16(20)13-6-7-14(23-3)15(9-13)24(21,22)18-11-12-5-4-8-17-10-12/h4-10,18H,11H2,1-3H3. The van der Waals surface area contributed by atoms with Gasteiger partial charge in [-0.15, -0.1) is 0 Å². The summed E-state index contributed by atoms with van der Waals surface area (Å²) in [6.45, 7) is 0.0885. The van der Waals surface area contributed by atoms with Gasteiger partial charge in [-0.05, 0) is 29.8 Å². The predicted molar refractivity (Wildman–Crippen MR) is 89.3 cm³/mol. The highest BCUT2D eigenvalue weighted by molar-refractivity contribution is 7.89. The molecule has 1 N–H and O–H groups in total. The van der Waals surface area contributed by atoms with Crippen LogP contribution in [0, 0.1) is 0 Å². The molecule has 0 aliphatic rings. The van der Waals surface area contributed by atoms with Gasteiger partial charge in [0.1, 0.15) is 10.6 Å². The Morgan fingerprint density at radius 1 is 1.29 bits per heavy atom. The molecule has 2 rings (SSSR count). The number of aromatic nitrogens is 1. The lowest BCUT2D eigenvalue weighted by atomic mass is 10.2. The highest BCUT2D eigenvalue weighted by Crippen LogP contribution is 2.25. The van der Waals surface area contributed by atoms with Crippen LogP contribution in [-0.2, 0) is 16.6 Å². The second-order valence-corrected chi connectivity index (χ2v) is 6.99. The van der Waals surface area contributed by atoms with E-state index in [9.17, 15) is 13.2 Å². The Kier molecular flexibility index (Phi) is 5.53. The number of methoxy groups -OCH3 is 1. The molecule has 0 saturated carbocycles. The largest absolute Gasteiger partial charge is 0.495 e. The molecule has 1 aromatic heterocycles. The molecule has 0 fully saturated rings. The Hall–Kier alpha value is -2.45. The van der Waals surface area contributed by atoms with Crippen LogP contribution in [-0.4, -0.2) is 45.4 Å². The number of hydrogen-bond donors (Lipinski definition) is 1. The summed E-state index contributed by atoms with van der Waals surface area (Å²) < 4.78 is 32.8. The smallest absolute Gasteiger partial charge is 0.253 e. The zero-order chi connectivity index (χ0) is 17.7. The van der Waals surface area contributed by atoms with E-state index in [1.165, 1.54) is 30.2 Å². The Labute approximate surface area is 141 Å². The third-order valence-corrected chi connectivity index (χ3v) is 4.72. The van der Waals surface area contributed by atoms with Gasteiger partial charge < -0.3 is 9.64 Å². The summed E-state index contributed by atoms with van der Waals surface area (Å²) in [7, 11) is 0.719. The lowest BCUT2D eigenvalue weighted by Crippen LogP contribution is -2.25. The van der Waals surface area contributed by atoms with Gasteiger partial charge in [0, 0.05) is 38.6 Å². The van der Waals surface area contributed by atoms with Gasteiger partial charge in [-0.2, -0.15) is 0 Å². The van der Waals surface area contributed by atoms with Gasteiger partial charge in [0.05, 0.1) is 7.11 Å². The number of nitrogens with one attached hydrogen (secondary N) is 1. The first-order valence-corrected chi connectivity index (χ1v) is 8.61. The maximum Gasteiger partial charge on any atom is 0.253 e. The number of carbonyl (C=O) groups is 1. The van der Waals surface area contributed by atoms with Crippen molar-refractivity contribution in [1.29, 1.82) is 0 Å². The van der Waals surface area contributed by atoms with Crippen LogP contribution in [0.2, 0.25) is 0 Å². The maximum absolute atomic E-state index is 12.6. The van der Waals surface area contributed by atoms with E-state index in [4.69, 9.17) is 4.74 Å². The topological polar surface area (TPSA) is 88.6 Å². The molecule has 1 aromatic carbocycles. The molecule has 0 atom stereocenters. The van der Waals surface area contributed by atoms with Gasteiger partial charge in [0.25, 0.3) is 5.91 Å². The maximum atomic E-state index is 12.6. The number of rotatable bonds is 6. The van der Waals surface area contributed by atoms with Gasteiger partial charge in [-0.3, -0.25) is 9.78 Å². The van der Waals surface area contributed by atoms with Crippen molar-refractivity contribution < 1.29 is 17.9 Å². The highest BCUT2D eigenvalue weighted by Gasteiger charge is 2.22. The molecule has 0 saturated heterocycles. The van der Waals surface area contributed by atoms with Crippen molar-refractivity contribution in [3.63, 3.8) is 0 Å². The molecular formula is C16H19N3O4S. The number of pyridine rings is 1. The lowest BCUT2D eigenvalue weighted by Gasteiger charge is -2.14. The van der Waals surface area contributed by atoms with Gasteiger partial charge in [0.2, 0.25) is 10.0 Å². The Morgan fingerprint density at radius 3 is 2.62 bits per heavy atom. The molecule has 1 heterocycles. The Morgan fingerprint density at radius 2 is 2.04 bits per heavy atom. The van der Waals surface area contributed by atoms with E-state index in [0.717, 1.165) is 5.56 Å². The van der Waals surface area contributed by atoms with E-state index < -0.39 is 10.0 Å². The number of hydrogen-bond acceptors (Lipinski definition) is 5. The monoisotopic (exact) mass is 349 g/mol. The van der Waals surface area contributed by atoms with Crippen molar-refractivity contribution >= 4 is 15.9 Å². The minimum Gasteiger partial charge on any atom is -0.495 e. The Bertz CT molecular complexity index is 820. The molecule has 0 aliphatic carbocycles. The van der Waals surface area contributed by atoms with Crippen LogP contribution in [0.3, 0.4) is 0 Å². The summed E-state index contributed by atoms with van der Waals surface area (Å²) in [6.07, 6.45) is 3.18. The summed E-state index contributed by atoms with van der Waals surface area (Å²) in [5.74, 6) is -0.120. The summed E-state index contributed by atoms with van der Waals surface area (Å²) in [5, 5.41) is 0. The van der Waals surface area contributed by atoms with Crippen molar-refractivity contribution in [2.45, 2.75) is 11.4 Å². The first-order chi connectivity index (χ1) is 11.3. The first-order valence-electron chi connectivity index (χ1n) is 7.13. The number of carbonyl (C=O) groups excluding carboxylic acids is 1.